The molecule has 3 heterocycles. The number of amides is 2. The summed E-state index contributed by atoms with van der Waals surface area (Å²) < 4.78 is 20.9. The molecule has 0 saturated heterocycles. The van der Waals surface area contributed by atoms with Gasteiger partial charge in [0.15, 0.2) is 11.5 Å². The Morgan fingerprint density at radius 2 is 2.00 bits per heavy atom. The van der Waals surface area contributed by atoms with E-state index in [-0.39, 0.29) is 36.3 Å². The Bertz CT molecular complexity index is 1520. The Labute approximate surface area is 211 Å². The van der Waals surface area contributed by atoms with E-state index in [1.54, 1.807) is 26.0 Å². The van der Waals surface area contributed by atoms with Gasteiger partial charge in [0.1, 0.15) is 22.4 Å². The number of ether oxygens (including phenoxy) is 1. The standard InChI is InChI=1S/C26H26FN5O5/c1-25(2,11-28)12-31-24(36)26(3)13-32-19-18(20(33)17(23(32)35)22(34)29-4)30-10-15(21(19)37-26)9-14-5-7-16(27)8-6-14/h5-8,10,33H,9,12-13H2,1-4H3,(H,29,34)(H,31,36). The molecule has 0 bridgehead atoms. The summed E-state index contributed by atoms with van der Waals surface area (Å²) >= 11 is 0. The third-order valence-corrected chi connectivity index (χ3v) is 6.29. The van der Waals surface area contributed by atoms with Crippen LogP contribution in [-0.2, 0) is 17.8 Å². The lowest BCUT2D eigenvalue weighted by Crippen LogP contribution is -2.56. The SMILES string of the molecule is CNC(=O)c1c(O)c2ncc(Cc3ccc(F)cc3)c3c2n(c1=O)CC(C)(C(=O)NCC(C)(C)C#N)O3. The molecule has 1 atom stereocenters. The molecule has 4 rings (SSSR count). The van der Waals surface area contributed by atoms with E-state index in [1.807, 2.05) is 0 Å². The number of carbonyl (C=O) groups is 2. The van der Waals surface area contributed by atoms with Gasteiger partial charge in [-0.05, 0) is 38.5 Å². The highest BCUT2D eigenvalue weighted by molar-refractivity contribution is 6.02. The Balaban J connectivity index is 1.90. The lowest BCUT2D eigenvalue weighted by Gasteiger charge is -2.36. The number of pyridine rings is 2. The van der Waals surface area contributed by atoms with Gasteiger partial charge in [0.25, 0.3) is 17.4 Å². The molecule has 37 heavy (non-hydrogen) atoms. The number of halogens is 1. The molecule has 11 heteroatoms. The molecule has 10 nitrogen and oxygen atoms in total. The quantitative estimate of drug-likeness (QED) is 0.463. The van der Waals surface area contributed by atoms with E-state index in [9.17, 15) is 29.1 Å². The molecule has 3 aromatic rings. The van der Waals surface area contributed by atoms with Crippen LogP contribution in [0.4, 0.5) is 4.39 Å². The molecule has 0 fully saturated rings. The molecule has 1 aliphatic heterocycles. The summed E-state index contributed by atoms with van der Waals surface area (Å²) in [6.45, 7) is 4.60. The number of nitriles is 1. The van der Waals surface area contributed by atoms with Crippen LogP contribution >= 0.6 is 0 Å². The lowest BCUT2D eigenvalue weighted by molar-refractivity contribution is -0.137. The Hall–Kier alpha value is -4.46. The average molecular weight is 508 g/mol. The zero-order valence-corrected chi connectivity index (χ0v) is 20.8. The first-order valence-corrected chi connectivity index (χ1v) is 11.5. The zero-order chi connectivity index (χ0) is 27.1. The number of carbonyl (C=O) groups excluding carboxylic acids is 2. The van der Waals surface area contributed by atoms with Gasteiger partial charge in [-0.2, -0.15) is 5.26 Å². The predicted octanol–water partition coefficient (Wildman–Crippen LogP) is 2.01. The highest BCUT2D eigenvalue weighted by atomic mass is 19.1. The van der Waals surface area contributed by atoms with Crippen molar-refractivity contribution in [2.24, 2.45) is 5.41 Å². The molecule has 0 spiro atoms. The van der Waals surface area contributed by atoms with Gasteiger partial charge in [0.05, 0.1) is 18.0 Å². The number of benzene rings is 1. The molecule has 2 aromatic heterocycles. The molecule has 192 valence electrons. The highest BCUT2D eigenvalue weighted by Crippen LogP contribution is 2.40. The van der Waals surface area contributed by atoms with Gasteiger partial charge in [-0.1, -0.05) is 12.1 Å². The summed E-state index contributed by atoms with van der Waals surface area (Å²) in [6, 6.07) is 7.90. The number of nitrogens with zero attached hydrogens (tertiary/aromatic N) is 3. The van der Waals surface area contributed by atoms with E-state index in [0.29, 0.717) is 5.56 Å². The van der Waals surface area contributed by atoms with Crippen LogP contribution in [0, 0.1) is 22.6 Å². The summed E-state index contributed by atoms with van der Waals surface area (Å²) in [5, 5.41) is 25.2. The van der Waals surface area contributed by atoms with Crippen LogP contribution in [0.1, 0.15) is 42.3 Å². The summed E-state index contributed by atoms with van der Waals surface area (Å²) in [5.41, 5.74) is -2.47. The number of hydrogen-bond donors (Lipinski definition) is 3. The fourth-order valence-electron chi connectivity index (χ4n) is 4.15. The van der Waals surface area contributed by atoms with Crippen LogP contribution < -0.4 is 20.9 Å². The second kappa shape index (κ2) is 9.20. The van der Waals surface area contributed by atoms with Crippen LogP contribution in [0.3, 0.4) is 0 Å². The largest absolute Gasteiger partial charge is 0.505 e. The van der Waals surface area contributed by atoms with Crippen molar-refractivity contribution in [1.82, 2.24) is 20.2 Å². The summed E-state index contributed by atoms with van der Waals surface area (Å²) in [7, 11) is 1.32. The van der Waals surface area contributed by atoms with Crippen molar-refractivity contribution in [2.45, 2.75) is 39.3 Å². The van der Waals surface area contributed by atoms with Crippen LogP contribution in [0.15, 0.2) is 35.3 Å². The number of rotatable bonds is 6. The molecular weight excluding hydrogens is 481 g/mol. The summed E-state index contributed by atoms with van der Waals surface area (Å²) in [6.07, 6.45) is 1.65. The number of aromatic nitrogens is 2. The molecule has 0 saturated carbocycles. The van der Waals surface area contributed by atoms with Crippen molar-refractivity contribution in [3.05, 3.63) is 63.3 Å². The average Bonchev–Trinajstić information content (AvgIpc) is 2.87. The van der Waals surface area contributed by atoms with E-state index in [2.05, 4.69) is 21.7 Å². The van der Waals surface area contributed by atoms with Crippen LogP contribution in [0.5, 0.6) is 11.5 Å². The third-order valence-electron chi connectivity index (χ3n) is 6.29. The molecular formula is C26H26FN5O5. The van der Waals surface area contributed by atoms with E-state index < -0.39 is 45.5 Å². The maximum Gasteiger partial charge on any atom is 0.268 e. The monoisotopic (exact) mass is 507 g/mol. The van der Waals surface area contributed by atoms with E-state index in [1.165, 1.54) is 36.9 Å². The van der Waals surface area contributed by atoms with Crippen LogP contribution in [0.25, 0.3) is 11.0 Å². The molecule has 2 amide bonds. The third kappa shape index (κ3) is 4.58. The molecule has 1 aromatic carbocycles. The maximum atomic E-state index is 13.4. The van der Waals surface area contributed by atoms with Gasteiger partial charge >= 0.3 is 0 Å². The van der Waals surface area contributed by atoms with E-state index in [0.717, 1.165) is 5.56 Å². The van der Waals surface area contributed by atoms with Crippen molar-refractivity contribution in [3.63, 3.8) is 0 Å². The number of nitrogens with one attached hydrogen (secondary N) is 2. The van der Waals surface area contributed by atoms with Crippen LogP contribution in [0.2, 0.25) is 0 Å². The minimum absolute atomic E-state index is 0.0378. The molecule has 3 N–H and O–H groups in total. The van der Waals surface area contributed by atoms with Gasteiger partial charge in [0, 0.05) is 31.8 Å². The van der Waals surface area contributed by atoms with Crippen molar-refractivity contribution in [2.75, 3.05) is 13.6 Å². The molecule has 0 radical (unpaired) electrons. The first kappa shape index (κ1) is 25.6. The van der Waals surface area contributed by atoms with E-state index >= 15 is 0 Å². The fourth-order valence-corrected chi connectivity index (χ4v) is 4.15. The Morgan fingerprint density at radius 3 is 2.62 bits per heavy atom. The van der Waals surface area contributed by atoms with Crippen molar-refractivity contribution >= 4 is 22.8 Å². The van der Waals surface area contributed by atoms with Crippen LogP contribution in [-0.4, -0.2) is 45.7 Å². The molecule has 0 aliphatic carbocycles. The lowest BCUT2D eigenvalue weighted by atomic mass is 9.94. The van der Waals surface area contributed by atoms with Gasteiger partial charge in [-0.15, -0.1) is 0 Å². The van der Waals surface area contributed by atoms with Crippen molar-refractivity contribution in [1.29, 1.82) is 5.26 Å². The van der Waals surface area contributed by atoms with Gasteiger partial charge in [-0.25, -0.2) is 4.39 Å². The Morgan fingerprint density at radius 1 is 1.32 bits per heavy atom. The maximum absolute atomic E-state index is 13.4. The first-order chi connectivity index (χ1) is 17.4. The van der Waals surface area contributed by atoms with Gasteiger partial charge < -0.3 is 20.5 Å². The fraction of sp³-hybridized carbons (Fsp3) is 0.346. The summed E-state index contributed by atoms with van der Waals surface area (Å²) in [5.74, 6) is -2.24. The highest BCUT2D eigenvalue weighted by Gasteiger charge is 2.43. The van der Waals surface area contributed by atoms with Crippen molar-refractivity contribution < 1.29 is 23.8 Å². The van der Waals surface area contributed by atoms with Crippen molar-refractivity contribution in [3.8, 4) is 17.6 Å². The normalized spacial score (nSPS) is 16.5. The second-order valence-corrected chi connectivity index (χ2v) is 9.82. The predicted molar refractivity (Wildman–Crippen MR) is 132 cm³/mol. The Kier molecular flexibility index (Phi) is 6.37. The number of aromatic hydroxyl groups is 1. The number of hydrogen-bond acceptors (Lipinski definition) is 7. The second-order valence-electron chi connectivity index (χ2n) is 9.82. The molecule has 1 aliphatic rings. The first-order valence-electron chi connectivity index (χ1n) is 11.5. The minimum atomic E-state index is -1.61. The van der Waals surface area contributed by atoms with Gasteiger partial charge in [0.2, 0.25) is 5.60 Å². The topological polar surface area (TPSA) is 146 Å². The van der Waals surface area contributed by atoms with E-state index in [4.69, 9.17) is 4.74 Å². The summed E-state index contributed by atoms with van der Waals surface area (Å²) in [4.78, 5) is 43.5. The van der Waals surface area contributed by atoms with Gasteiger partial charge in [-0.3, -0.25) is 23.9 Å². The smallest absolute Gasteiger partial charge is 0.268 e. The zero-order valence-electron chi connectivity index (χ0n) is 20.8. The molecule has 1 unspecified atom stereocenters. The minimum Gasteiger partial charge on any atom is -0.505 e.